The van der Waals surface area contributed by atoms with Gasteiger partial charge in [0, 0.05) is 61.6 Å². The second-order valence-corrected chi connectivity index (χ2v) is 9.01. The van der Waals surface area contributed by atoms with Crippen LogP contribution in [0.2, 0.25) is 0 Å². The molecular weight excluding hydrogens is 418 g/mol. The summed E-state index contributed by atoms with van der Waals surface area (Å²) in [7, 11) is 1.86. The van der Waals surface area contributed by atoms with Crippen molar-refractivity contribution in [2.75, 3.05) is 5.32 Å². The Bertz CT molecular complexity index is 1220. The number of benzene rings is 1. The lowest BCUT2D eigenvalue weighted by molar-refractivity contribution is -0.111. The van der Waals surface area contributed by atoms with Crippen LogP contribution in [0.15, 0.2) is 55.1 Å². The van der Waals surface area contributed by atoms with Gasteiger partial charge >= 0.3 is 6.09 Å². The maximum absolute atomic E-state index is 12.5. The zero-order valence-corrected chi connectivity index (χ0v) is 19.2. The Hall–Kier alpha value is -3.94. The molecule has 33 heavy (non-hydrogen) atoms. The van der Waals surface area contributed by atoms with Crippen molar-refractivity contribution >= 4 is 23.8 Å². The number of aromatic nitrogens is 3. The molecule has 3 aromatic rings. The number of carbonyl (C=O) groups excluding carboxylic acids is 2. The SMILES string of the molecule is Cn1cc(-c2ccncc2C=CC(=O)Nc2ccc3c(c2)CN(C(=O)OC(C)(C)C)C3)cn1. The van der Waals surface area contributed by atoms with Crippen LogP contribution < -0.4 is 5.32 Å². The third-order valence-electron chi connectivity index (χ3n) is 5.13. The summed E-state index contributed by atoms with van der Waals surface area (Å²) in [4.78, 5) is 30.7. The lowest BCUT2D eigenvalue weighted by Gasteiger charge is -2.24. The molecule has 0 spiro atoms. The highest BCUT2D eigenvalue weighted by Gasteiger charge is 2.27. The second-order valence-electron chi connectivity index (χ2n) is 9.01. The van der Waals surface area contributed by atoms with Crippen molar-refractivity contribution in [1.29, 1.82) is 0 Å². The number of amides is 2. The topological polar surface area (TPSA) is 89.4 Å². The molecule has 8 nitrogen and oxygen atoms in total. The Morgan fingerprint density at radius 2 is 1.91 bits per heavy atom. The summed E-state index contributed by atoms with van der Waals surface area (Å²) in [5.41, 5.74) is 4.90. The molecule has 0 aliphatic carbocycles. The van der Waals surface area contributed by atoms with Gasteiger partial charge in [0.25, 0.3) is 0 Å². The molecular formula is C25H27N5O3. The first-order valence-electron chi connectivity index (χ1n) is 10.7. The van der Waals surface area contributed by atoms with Crippen molar-refractivity contribution in [3.05, 3.63) is 71.8 Å². The van der Waals surface area contributed by atoms with Crippen molar-refractivity contribution in [1.82, 2.24) is 19.7 Å². The van der Waals surface area contributed by atoms with Crippen molar-refractivity contribution in [3.8, 4) is 11.1 Å². The minimum atomic E-state index is -0.539. The number of hydrogen-bond acceptors (Lipinski definition) is 5. The average Bonchev–Trinajstić information content (AvgIpc) is 3.37. The van der Waals surface area contributed by atoms with E-state index in [1.165, 1.54) is 6.08 Å². The number of carbonyl (C=O) groups is 2. The Labute approximate surface area is 192 Å². The van der Waals surface area contributed by atoms with Gasteiger partial charge in [0.05, 0.1) is 6.20 Å². The molecule has 1 aliphatic rings. The van der Waals surface area contributed by atoms with E-state index in [9.17, 15) is 9.59 Å². The molecule has 8 heteroatoms. The minimum absolute atomic E-state index is 0.252. The molecule has 0 atom stereocenters. The number of pyridine rings is 1. The van der Waals surface area contributed by atoms with Gasteiger partial charge in [0.1, 0.15) is 5.60 Å². The minimum Gasteiger partial charge on any atom is -0.444 e. The second kappa shape index (κ2) is 8.90. The number of aryl methyl sites for hydroxylation is 1. The highest BCUT2D eigenvalue weighted by atomic mass is 16.6. The molecule has 2 aromatic heterocycles. The van der Waals surface area contributed by atoms with E-state index in [2.05, 4.69) is 15.4 Å². The molecule has 0 unspecified atom stereocenters. The number of fused-ring (bicyclic) bond motifs is 1. The van der Waals surface area contributed by atoms with Gasteiger partial charge in [-0.25, -0.2) is 4.79 Å². The summed E-state index contributed by atoms with van der Waals surface area (Å²) >= 11 is 0. The standard InChI is InChI=1S/C25H27N5O3/c1-25(2,3)33-24(32)30-15-18-5-7-21(11-19(18)16-30)28-23(31)8-6-17-12-26-10-9-22(17)20-13-27-29(4)14-20/h5-14H,15-16H2,1-4H3,(H,28,31). The van der Waals surface area contributed by atoms with Gasteiger partial charge in [-0.3, -0.25) is 19.4 Å². The van der Waals surface area contributed by atoms with E-state index in [-0.39, 0.29) is 12.0 Å². The van der Waals surface area contributed by atoms with E-state index in [1.54, 1.807) is 34.2 Å². The Balaban J connectivity index is 1.42. The highest BCUT2D eigenvalue weighted by Crippen LogP contribution is 2.27. The Morgan fingerprint density at radius 1 is 1.12 bits per heavy atom. The van der Waals surface area contributed by atoms with Gasteiger partial charge < -0.3 is 10.1 Å². The Morgan fingerprint density at radius 3 is 2.64 bits per heavy atom. The molecule has 1 N–H and O–H groups in total. The van der Waals surface area contributed by atoms with Crippen LogP contribution in [0.5, 0.6) is 0 Å². The number of hydrogen-bond donors (Lipinski definition) is 1. The maximum atomic E-state index is 12.5. The lowest BCUT2D eigenvalue weighted by atomic mass is 10.0. The molecule has 0 radical (unpaired) electrons. The van der Waals surface area contributed by atoms with Crippen molar-refractivity contribution < 1.29 is 14.3 Å². The molecule has 1 aromatic carbocycles. The van der Waals surface area contributed by atoms with E-state index in [4.69, 9.17) is 4.74 Å². The number of nitrogens with one attached hydrogen (secondary N) is 1. The van der Waals surface area contributed by atoms with Gasteiger partial charge in [0.15, 0.2) is 0 Å². The third-order valence-corrected chi connectivity index (χ3v) is 5.13. The van der Waals surface area contributed by atoms with Crippen LogP contribution in [0.3, 0.4) is 0 Å². The monoisotopic (exact) mass is 445 g/mol. The van der Waals surface area contributed by atoms with Crippen LogP contribution in [0.4, 0.5) is 10.5 Å². The first-order chi connectivity index (χ1) is 15.7. The summed E-state index contributed by atoms with van der Waals surface area (Å²) in [6.45, 7) is 6.49. The zero-order valence-electron chi connectivity index (χ0n) is 19.2. The van der Waals surface area contributed by atoms with Crippen molar-refractivity contribution in [2.45, 2.75) is 39.5 Å². The Kier molecular flexibility index (Phi) is 6.00. The van der Waals surface area contributed by atoms with Crippen LogP contribution in [-0.2, 0) is 29.7 Å². The summed E-state index contributed by atoms with van der Waals surface area (Å²) in [5, 5.41) is 7.10. The first kappa shape index (κ1) is 22.3. The van der Waals surface area contributed by atoms with Crippen molar-refractivity contribution in [3.63, 3.8) is 0 Å². The summed E-state index contributed by atoms with van der Waals surface area (Å²) in [6, 6.07) is 7.57. The van der Waals surface area contributed by atoms with Gasteiger partial charge in [-0.1, -0.05) is 6.07 Å². The first-order valence-corrected chi connectivity index (χ1v) is 10.7. The number of anilines is 1. The van der Waals surface area contributed by atoms with Gasteiger partial charge in [-0.2, -0.15) is 5.10 Å². The molecule has 0 saturated heterocycles. The van der Waals surface area contributed by atoms with Gasteiger partial charge in [-0.15, -0.1) is 0 Å². The summed E-state index contributed by atoms with van der Waals surface area (Å²) in [5.74, 6) is -0.252. The summed E-state index contributed by atoms with van der Waals surface area (Å²) < 4.78 is 7.19. The molecule has 0 fully saturated rings. The lowest BCUT2D eigenvalue weighted by Crippen LogP contribution is -2.33. The van der Waals surface area contributed by atoms with E-state index in [0.29, 0.717) is 18.8 Å². The normalized spacial score (nSPS) is 13.3. The molecule has 0 saturated carbocycles. The van der Waals surface area contributed by atoms with Gasteiger partial charge in [0.2, 0.25) is 5.91 Å². The zero-order chi connectivity index (χ0) is 23.6. The third kappa shape index (κ3) is 5.46. The molecule has 0 bridgehead atoms. The predicted molar refractivity (Wildman–Crippen MR) is 126 cm³/mol. The largest absolute Gasteiger partial charge is 0.444 e. The summed E-state index contributed by atoms with van der Waals surface area (Å²) in [6.07, 6.45) is 10.0. The maximum Gasteiger partial charge on any atom is 0.410 e. The van der Waals surface area contributed by atoms with Crippen LogP contribution in [0.25, 0.3) is 17.2 Å². The smallest absolute Gasteiger partial charge is 0.410 e. The van der Waals surface area contributed by atoms with Crippen molar-refractivity contribution in [2.24, 2.45) is 7.05 Å². The number of rotatable bonds is 4. The fraction of sp³-hybridized carbons (Fsp3) is 0.280. The molecule has 2 amide bonds. The predicted octanol–water partition coefficient (Wildman–Crippen LogP) is 4.38. The van der Waals surface area contributed by atoms with Crippen LogP contribution in [0.1, 0.15) is 37.5 Å². The average molecular weight is 446 g/mol. The van der Waals surface area contributed by atoms with E-state index < -0.39 is 5.60 Å². The fourth-order valence-corrected chi connectivity index (χ4v) is 3.64. The van der Waals surface area contributed by atoms with Crippen LogP contribution in [-0.4, -0.2) is 37.3 Å². The van der Waals surface area contributed by atoms with E-state index in [0.717, 1.165) is 27.8 Å². The highest BCUT2D eigenvalue weighted by molar-refractivity contribution is 6.02. The fourth-order valence-electron chi connectivity index (χ4n) is 3.64. The van der Waals surface area contributed by atoms with Crippen LogP contribution in [0, 0.1) is 0 Å². The molecule has 4 rings (SSSR count). The number of nitrogens with zero attached hydrogens (tertiary/aromatic N) is 4. The molecule has 3 heterocycles. The van der Waals surface area contributed by atoms with E-state index >= 15 is 0 Å². The molecule has 170 valence electrons. The van der Waals surface area contributed by atoms with Crippen LogP contribution >= 0.6 is 0 Å². The molecule has 1 aliphatic heterocycles. The number of ether oxygens (including phenoxy) is 1. The van der Waals surface area contributed by atoms with Gasteiger partial charge in [-0.05, 0) is 61.7 Å². The quantitative estimate of drug-likeness (QED) is 0.602. The van der Waals surface area contributed by atoms with E-state index in [1.807, 2.05) is 58.3 Å².